The van der Waals surface area contributed by atoms with Crippen molar-refractivity contribution in [1.82, 2.24) is 0 Å². The van der Waals surface area contributed by atoms with Gasteiger partial charge < -0.3 is 27.9 Å². The number of methoxy groups -OCH3 is 5. The summed E-state index contributed by atoms with van der Waals surface area (Å²) in [5, 5.41) is 4.07. The molecule has 5 aromatic rings. The Kier molecular flexibility index (Phi) is 5.67. The van der Waals surface area contributed by atoms with Gasteiger partial charge in [0.15, 0.2) is 17.3 Å². The summed E-state index contributed by atoms with van der Waals surface area (Å²) >= 11 is 0. The number of halogens is 3. The summed E-state index contributed by atoms with van der Waals surface area (Å²) in [6.45, 7) is 0. The Hall–Kier alpha value is -5.17. The molecule has 0 heterocycles. The molecule has 0 aromatic heterocycles. The number of allylic oxidation sites excluding steroid dienone is 1. The third kappa shape index (κ3) is 3.18. The lowest BCUT2D eigenvalue weighted by atomic mass is 9.44. The number of carbonyl (C=O) groups excluding carboxylic acids is 1. The lowest BCUT2D eigenvalue weighted by Crippen LogP contribution is -2.55. The molecular weight excluding hydrogens is 665 g/mol. The van der Waals surface area contributed by atoms with Gasteiger partial charge in [-0.2, -0.15) is 21.6 Å². The molecule has 250 valence electrons. The van der Waals surface area contributed by atoms with Crippen LogP contribution in [0.15, 0.2) is 42.5 Å². The zero-order valence-electron chi connectivity index (χ0n) is 26.5. The van der Waals surface area contributed by atoms with Crippen LogP contribution in [0.1, 0.15) is 39.3 Å². The number of carbonyl (C=O) groups is 1. The molecule has 0 N–H and O–H groups in total. The fourth-order valence-corrected chi connectivity index (χ4v) is 9.55. The number of hydrogen-bond donors (Lipinski definition) is 0. The largest absolute Gasteiger partial charge is 0.534 e. The molecule has 5 aliphatic rings. The highest BCUT2D eigenvalue weighted by molar-refractivity contribution is 7.88. The molecule has 0 fully saturated rings. The first kappa shape index (κ1) is 29.9. The smallest absolute Gasteiger partial charge is 0.496 e. The molecule has 0 saturated heterocycles. The fourth-order valence-electron chi connectivity index (χ4n) is 9.08. The second kappa shape index (κ2) is 9.29. The minimum absolute atomic E-state index is 0.103. The van der Waals surface area contributed by atoms with E-state index in [0.29, 0.717) is 66.8 Å². The molecule has 0 unspecified atom stereocenters. The average Bonchev–Trinajstić information content (AvgIpc) is 3.08. The quantitative estimate of drug-likeness (QED) is 0.104. The highest BCUT2D eigenvalue weighted by Crippen LogP contribution is 2.72. The highest BCUT2D eigenvalue weighted by atomic mass is 32.2. The van der Waals surface area contributed by atoms with Gasteiger partial charge in [-0.1, -0.05) is 12.2 Å². The molecule has 3 atom stereocenters. The minimum Gasteiger partial charge on any atom is -0.496 e. The van der Waals surface area contributed by atoms with E-state index in [-0.39, 0.29) is 22.7 Å². The maximum Gasteiger partial charge on any atom is 0.534 e. The Morgan fingerprint density at radius 3 is 1.98 bits per heavy atom. The van der Waals surface area contributed by atoms with Gasteiger partial charge in [0.25, 0.3) is 0 Å². The topological polar surface area (TPSA) is 107 Å². The Morgan fingerprint density at radius 1 is 0.694 bits per heavy atom. The molecule has 2 bridgehead atoms. The van der Waals surface area contributed by atoms with Crippen molar-refractivity contribution in [2.75, 3.05) is 35.5 Å². The predicted molar refractivity (Wildman–Crippen MR) is 173 cm³/mol. The lowest BCUT2D eigenvalue weighted by molar-refractivity contribution is -0.124. The van der Waals surface area contributed by atoms with Crippen LogP contribution in [-0.4, -0.2) is 55.3 Å². The molecule has 9 nitrogen and oxygen atoms in total. The van der Waals surface area contributed by atoms with Gasteiger partial charge in [0.2, 0.25) is 0 Å². The van der Waals surface area contributed by atoms with Crippen molar-refractivity contribution in [2.24, 2.45) is 5.92 Å². The zero-order chi connectivity index (χ0) is 34.5. The molecule has 0 saturated carbocycles. The van der Waals surface area contributed by atoms with Gasteiger partial charge in [-0.15, -0.1) is 0 Å². The zero-order valence-corrected chi connectivity index (χ0v) is 27.3. The highest BCUT2D eigenvalue weighted by Gasteiger charge is 2.65. The first-order valence-electron chi connectivity index (χ1n) is 15.1. The van der Waals surface area contributed by atoms with Gasteiger partial charge in [-0.3, -0.25) is 4.79 Å². The summed E-state index contributed by atoms with van der Waals surface area (Å²) in [6.07, 6.45) is 3.48. The van der Waals surface area contributed by atoms with E-state index in [0.717, 1.165) is 16.8 Å². The predicted octanol–water partition coefficient (Wildman–Crippen LogP) is 6.74. The maximum atomic E-state index is 14.9. The van der Waals surface area contributed by atoms with E-state index in [1.165, 1.54) is 34.5 Å². The fraction of sp³-hybridized carbons (Fsp3) is 0.250. The molecule has 1 spiro atoms. The summed E-state index contributed by atoms with van der Waals surface area (Å²) < 4.78 is 102. The second-order valence-electron chi connectivity index (χ2n) is 12.3. The Bertz CT molecular complexity index is 2560. The van der Waals surface area contributed by atoms with Crippen molar-refractivity contribution < 1.29 is 54.3 Å². The first-order valence-corrected chi connectivity index (χ1v) is 16.5. The van der Waals surface area contributed by atoms with Crippen LogP contribution in [0.4, 0.5) is 13.2 Å². The summed E-state index contributed by atoms with van der Waals surface area (Å²) in [5.41, 5.74) is -4.72. The number of hydrogen-bond acceptors (Lipinski definition) is 9. The third-order valence-electron chi connectivity index (χ3n) is 10.6. The Labute approximate surface area is 276 Å². The van der Waals surface area contributed by atoms with Crippen molar-refractivity contribution in [2.45, 2.75) is 16.8 Å². The maximum absolute atomic E-state index is 14.9. The molecule has 5 aromatic carbocycles. The monoisotopic (exact) mass is 690 g/mol. The third-order valence-corrected chi connectivity index (χ3v) is 11.6. The van der Waals surface area contributed by atoms with Crippen LogP contribution in [0.5, 0.6) is 34.5 Å². The summed E-state index contributed by atoms with van der Waals surface area (Å²) in [6, 6.07) is 9.84. The van der Waals surface area contributed by atoms with Crippen LogP contribution < -0.4 is 27.9 Å². The van der Waals surface area contributed by atoms with E-state index in [1.807, 2.05) is 18.2 Å². The molecular formula is C36H25F3O9S. The van der Waals surface area contributed by atoms with E-state index >= 15 is 0 Å². The molecule has 10 rings (SSSR count). The van der Waals surface area contributed by atoms with Crippen LogP contribution in [0.2, 0.25) is 0 Å². The minimum atomic E-state index is -6.14. The van der Waals surface area contributed by atoms with Crippen molar-refractivity contribution in [3.63, 3.8) is 0 Å². The van der Waals surface area contributed by atoms with Crippen molar-refractivity contribution >= 4 is 54.3 Å². The van der Waals surface area contributed by atoms with Crippen molar-refractivity contribution in [3.8, 4) is 34.5 Å². The van der Waals surface area contributed by atoms with Gasteiger partial charge in [-0.05, 0) is 63.9 Å². The van der Waals surface area contributed by atoms with E-state index in [9.17, 15) is 26.4 Å². The number of ketones is 1. The van der Waals surface area contributed by atoms with E-state index in [4.69, 9.17) is 27.9 Å². The summed E-state index contributed by atoms with van der Waals surface area (Å²) in [7, 11) is 1.29. The average molecular weight is 691 g/mol. The van der Waals surface area contributed by atoms with Gasteiger partial charge in [0.05, 0.1) is 52.8 Å². The number of benzene rings is 5. The number of ether oxygens (including phenoxy) is 5. The van der Waals surface area contributed by atoms with Gasteiger partial charge >= 0.3 is 15.6 Å². The summed E-state index contributed by atoms with van der Waals surface area (Å²) in [5.74, 6) is -0.925. The first-order chi connectivity index (χ1) is 23.4. The van der Waals surface area contributed by atoms with Crippen molar-refractivity contribution in [1.29, 1.82) is 0 Å². The molecule has 49 heavy (non-hydrogen) atoms. The molecule has 0 radical (unpaired) electrons. The van der Waals surface area contributed by atoms with Gasteiger partial charge in [0, 0.05) is 38.2 Å². The Balaban J connectivity index is 1.62. The molecule has 0 amide bonds. The van der Waals surface area contributed by atoms with Crippen LogP contribution in [0.3, 0.4) is 0 Å². The van der Waals surface area contributed by atoms with E-state index in [2.05, 4.69) is 0 Å². The Morgan fingerprint density at radius 2 is 1.33 bits per heavy atom. The number of Topliss-reactive ketones (excluding diaryl/α,β-unsaturated/α-hetero) is 1. The number of alkyl halides is 3. The van der Waals surface area contributed by atoms with E-state index in [1.54, 1.807) is 25.3 Å². The van der Waals surface area contributed by atoms with Crippen LogP contribution in [0, 0.1) is 5.92 Å². The van der Waals surface area contributed by atoms with Gasteiger partial charge in [-0.25, -0.2) is 0 Å². The lowest BCUT2D eigenvalue weighted by Gasteiger charge is -2.56. The SMILES string of the molecule is COc1ccc(OS(=O)(=O)C(F)(F)F)c2c1[C@@H]1C(=O)[C@H]3C=Cc4c(OC)c(OC)c5ccc6c(OC)cc7c(OC)cc1c1c7c6c5c4[C@]213. The standard InChI is InChI=1S/C36H25F3O9S/c1-43-20-10-11-21(48-49(41,42)36(37,38)39)31-28(20)27-18-13-23(45-3)17-12-22(44-2)14-6-7-15-25-24(14)26(17)30(18)35(31)19(32(27)40)9-8-16(29(25)35)34(47-5)33(15)46-4/h6-13,19,27H,1-5H3/t19-,27-,35+/m1/s1. The van der Waals surface area contributed by atoms with Gasteiger partial charge in [0.1, 0.15) is 23.0 Å². The van der Waals surface area contributed by atoms with E-state index < -0.39 is 38.6 Å². The van der Waals surface area contributed by atoms with Crippen LogP contribution in [0.25, 0.3) is 38.4 Å². The molecule has 5 aliphatic carbocycles. The van der Waals surface area contributed by atoms with Crippen LogP contribution >= 0.6 is 0 Å². The molecule has 13 heteroatoms. The normalized spacial score (nSPS) is 20.9. The molecule has 0 aliphatic heterocycles. The van der Waals surface area contributed by atoms with Crippen molar-refractivity contribution in [3.05, 3.63) is 75.9 Å². The summed E-state index contributed by atoms with van der Waals surface area (Å²) in [4.78, 5) is 14.9. The second-order valence-corrected chi connectivity index (χ2v) is 13.9. The van der Waals surface area contributed by atoms with Crippen LogP contribution in [-0.2, 0) is 20.3 Å². The number of rotatable bonds is 7.